The van der Waals surface area contributed by atoms with Gasteiger partial charge in [0.2, 0.25) is 0 Å². The van der Waals surface area contributed by atoms with Crippen molar-refractivity contribution in [2.45, 2.75) is -1.13 Å². The fraction of sp³-hybridized carbons (Fsp3) is 0.250. The fourth-order valence-corrected chi connectivity index (χ4v) is 2.98. The van der Waals surface area contributed by atoms with Gasteiger partial charge in [0.15, 0.2) is 0 Å². The maximum atomic E-state index is 8.92. The number of rotatable bonds is 4. The highest BCUT2D eigenvalue weighted by Crippen LogP contribution is 2.51. The van der Waals surface area contributed by atoms with E-state index in [-0.39, 0.29) is -1.13 Å². The van der Waals surface area contributed by atoms with Crippen LogP contribution >= 0.6 is 136 Å². The first-order valence-electron chi connectivity index (χ1n) is 4.32. The molecule has 2 N–H and O–H groups in total. The molecule has 0 aliphatic rings. The summed E-state index contributed by atoms with van der Waals surface area (Å²) in [5, 5.41) is 17.8. The van der Waals surface area contributed by atoms with E-state index in [4.69, 9.17) is 14.7 Å². The molecule has 100 valence electrons. The van der Waals surface area contributed by atoms with Crippen molar-refractivity contribution < 1.29 is 14.7 Å². The number of hydrogen-bond donors (Lipinski definition) is 2. The minimum absolute atomic E-state index is 0.114. The van der Waals surface area contributed by atoms with Crippen molar-refractivity contribution in [1.29, 1.82) is 0 Å². The van der Waals surface area contributed by atoms with Crippen LogP contribution in [-0.4, -0.2) is 17.4 Å². The molecule has 0 aliphatic carbocycles. The maximum absolute atomic E-state index is 8.92. The zero-order valence-electron chi connectivity index (χ0n) is 8.38. The monoisotopic (exact) mass is 921 g/mol. The molecular formula is C8H5BI6O3. The van der Waals surface area contributed by atoms with Gasteiger partial charge in [-0.1, -0.05) is 0 Å². The summed E-state index contributed by atoms with van der Waals surface area (Å²) in [6.45, 7) is 0. The highest BCUT2D eigenvalue weighted by molar-refractivity contribution is 14.3. The Balaban J connectivity index is 3.29. The lowest BCUT2D eigenvalue weighted by molar-refractivity contribution is 0.288. The molecular weight excluding hydrogens is 916 g/mol. The van der Waals surface area contributed by atoms with E-state index in [1.807, 2.05) is 12.1 Å². The molecule has 0 aliphatic heterocycles. The van der Waals surface area contributed by atoms with E-state index in [1.54, 1.807) is 0 Å². The standard InChI is InChI=1S/C8H5BI6O3/c10-7(11,12)4-1-5(8(13,14)15)3-6(2-4)18-9(16)17/h1-3,16-17H. The topological polar surface area (TPSA) is 49.7 Å². The van der Waals surface area contributed by atoms with Crippen LogP contribution in [0.5, 0.6) is 5.75 Å². The molecule has 0 amide bonds. The van der Waals surface area contributed by atoms with Crippen molar-refractivity contribution in [2.24, 2.45) is 0 Å². The molecule has 18 heavy (non-hydrogen) atoms. The molecule has 10 heteroatoms. The first-order chi connectivity index (χ1) is 8.00. The predicted molar refractivity (Wildman–Crippen MR) is 125 cm³/mol. The molecule has 1 aromatic carbocycles. The highest BCUT2D eigenvalue weighted by atomic mass is 127. The molecule has 0 unspecified atom stereocenters. The first-order valence-corrected chi connectivity index (χ1v) is 10.8. The molecule has 0 radical (unpaired) electrons. The normalized spacial score (nSPS) is 12.4. The van der Waals surface area contributed by atoms with Crippen molar-refractivity contribution in [1.82, 2.24) is 0 Å². The van der Waals surface area contributed by atoms with Crippen molar-refractivity contribution in [3.63, 3.8) is 0 Å². The van der Waals surface area contributed by atoms with Crippen molar-refractivity contribution in [3.05, 3.63) is 29.3 Å². The Morgan fingerprint density at radius 2 is 1.22 bits per heavy atom. The third kappa shape index (κ3) is 6.65. The molecule has 1 rings (SSSR count). The summed E-state index contributed by atoms with van der Waals surface area (Å²) in [5.41, 5.74) is 2.12. The minimum Gasteiger partial charge on any atom is -0.512 e. The molecule has 0 saturated heterocycles. The van der Waals surface area contributed by atoms with Gasteiger partial charge in [0.05, 0.1) is 0 Å². The van der Waals surface area contributed by atoms with Gasteiger partial charge >= 0.3 is 7.32 Å². The molecule has 3 nitrogen and oxygen atoms in total. The second-order valence-electron chi connectivity index (χ2n) is 3.19. The third-order valence-electron chi connectivity index (χ3n) is 1.80. The quantitative estimate of drug-likeness (QED) is 0.258. The Morgan fingerprint density at radius 1 is 0.833 bits per heavy atom. The lowest BCUT2D eigenvalue weighted by Crippen LogP contribution is -2.21. The zero-order valence-corrected chi connectivity index (χ0v) is 21.3. The lowest BCUT2D eigenvalue weighted by Gasteiger charge is -2.20. The van der Waals surface area contributed by atoms with Crippen LogP contribution in [0.4, 0.5) is 0 Å². The average molecular weight is 921 g/mol. The summed E-state index contributed by atoms with van der Waals surface area (Å²) in [6.07, 6.45) is 0. The molecule has 1 aromatic rings. The molecule has 0 fully saturated rings. The van der Waals surface area contributed by atoms with Crippen LogP contribution in [0, 0.1) is 0 Å². The summed E-state index contributed by atoms with van der Waals surface area (Å²) in [6, 6.07) is 5.75. The Bertz CT molecular complexity index is 396. The van der Waals surface area contributed by atoms with Gasteiger partial charge in [0.25, 0.3) is 0 Å². The van der Waals surface area contributed by atoms with E-state index in [1.165, 1.54) is 0 Å². The van der Waals surface area contributed by atoms with Gasteiger partial charge in [0.1, 0.15) is 4.62 Å². The van der Waals surface area contributed by atoms with E-state index in [0.717, 1.165) is 11.1 Å². The minimum atomic E-state index is -1.80. The number of alkyl halides is 6. The number of halogens is 6. The van der Waals surface area contributed by atoms with Crippen LogP contribution in [0.1, 0.15) is 11.1 Å². The van der Waals surface area contributed by atoms with Crippen molar-refractivity contribution >= 4 is 143 Å². The summed E-state index contributed by atoms with van der Waals surface area (Å²) in [7, 11) is -1.80. The van der Waals surface area contributed by atoms with Gasteiger partial charge in [-0.15, -0.1) is 0 Å². The summed E-state index contributed by atoms with van der Waals surface area (Å²) < 4.78 is 4.75. The average Bonchev–Trinajstić information content (AvgIpc) is 2.13. The molecule has 0 heterocycles. The fourth-order valence-electron chi connectivity index (χ4n) is 1.12. The summed E-state index contributed by atoms with van der Waals surface area (Å²) in [4.78, 5) is 0. The van der Waals surface area contributed by atoms with Crippen LogP contribution in [-0.2, 0) is -1.13 Å². The summed E-state index contributed by atoms with van der Waals surface area (Å²) in [5.74, 6) is 0.459. The van der Waals surface area contributed by atoms with E-state index < -0.39 is 7.32 Å². The maximum Gasteiger partial charge on any atom is 0.707 e. The number of hydrogen-bond acceptors (Lipinski definition) is 3. The van der Waals surface area contributed by atoms with Gasteiger partial charge in [-0.05, 0) is 165 Å². The lowest BCUT2D eigenvalue weighted by atomic mass is 10.1. The van der Waals surface area contributed by atoms with Crippen LogP contribution < -0.4 is 4.65 Å². The van der Waals surface area contributed by atoms with Crippen LogP contribution in [0.25, 0.3) is 0 Å². The van der Waals surface area contributed by atoms with Gasteiger partial charge in [-0.3, -0.25) is 0 Å². The second kappa shape index (κ2) is 7.78. The smallest absolute Gasteiger partial charge is 0.512 e. The summed E-state index contributed by atoms with van der Waals surface area (Å²) >= 11 is 13.9. The van der Waals surface area contributed by atoms with Crippen LogP contribution in [0.2, 0.25) is 0 Å². The van der Waals surface area contributed by atoms with E-state index in [0.29, 0.717) is 5.75 Å². The van der Waals surface area contributed by atoms with Gasteiger partial charge < -0.3 is 14.7 Å². The number of benzene rings is 1. The Morgan fingerprint density at radius 3 is 1.50 bits per heavy atom. The van der Waals surface area contributed by atoms with Crippen molar-refractivity contribution in [2.75, 3.05) is 0 Å². The molecule has 0 spiro atoms. The van der Waals surface area contributed by atoms with Crippen LogP contribution in [0.3, 0.4) is 0 Å². The molecule has 0 aromatic heterocycles. The zero-order chi connectivity index (χ0) is 14.1. The Kier molecular flexibility index (Phi) is 8.40. The van der Waals surface area contributed by atoms with Crippen LogP contribution in [0.15, 0.2) is 18.2 Å². The first kappa shape index (κ1) is 19.4. The third-order valence-corrected chi connectivity index (χ3v) is 5.54. The van der Waals surface area contributed by atoms with Crippen molar-refractivity contribution in [3.8, 4) is 5.75 Å². The molecule has 0 atom stereocenters. The van der Waals surface area contributed by atoms with Gasteiger partial charge in [-0.2, -0.15) is 0 Å². The second-order valence-corrected chi connectivity index (χ2v) is 25.3. The van der Waals surface area contributed by atoms with E-state index in [2.05, 4.69) is 142 Å². The molecule has 0 saturated carbocycles. The predicted octanol–water partition coefficient (Wildman–Crippen LogP) is 4.87. The SMILES string of the molecule is OB(O)Oc1cc(C(I)(I)I)cc(C(I)(I)I)c1. The highest BCUT2D eigenvalue weighted by Gasteiger charge is 2.28. The van der Waals surface area contributed by atoms with Gasteiger partial charge in [0, 0.05) is 0 Å². The molecule has 0 bridgehead atoms. The Labute approximate surface area is 187 Å². The van der Waals surface area contributed by atoms with E-state index in [9.17, 15) is 0 Å². The van der Waals surface area contributed by atoms with E-state index >= 15 is 0 Å². The van der Waals surface area contributed by atoms with Gasteiger partial charge in [-0.25, -0.2) is 0 Å². The largest absolute Gasteiger partial charge is 0.707 e. The Hall–Kier alpha value is 3.38.